The summed E-state index contributed by atoms with van der Waals surface area (Å²) in [4.78, 5) is 40.4. The van der Waals surface area contributed by atoms with Gasteiger partial charge >= 0.3 is 0 Å². The van der Waals surface area contributed by atoms with Gasteiger partial charge in [-0.3, -0.25) is 19.3 Å². The summed E-state index contributed by atoms with van der Waals surface area (Å²) < 4.78 is 0. The fraction of sp³-hybridized carbons (Fsp3) is 0.407. The number of nitrogens with zero attached hydrogens (tertiary/aromatic N) is 2. The van der Waals surface area contributed by atoms with E-state index < -0.39 is 58.0 Å². The number of Topliss-reactive ketones (excluding diaryl/α,β-unsaturated/α-hetero) is 2. The maximum Gasteiger partial charge on any atom is 0.255 e. The molecule has 4 unspecified atom stereocenters. The Balaban J connectivity index is 1.87. The van der Waals surface area contributed by atoms with Crippen molar-refractivity contribution in [2.45, 2.75) is 43.7 Å². The number of aliphatic hydroxyl groups is 3. The molecule has 192 valence electrons. The molecule has 1 amide bonds. The van der Waals surface area contributed by atoms with Crippen LogP contribution in [0.4, 0.5) is 0 Å². The summed E-state index contributed by atoms with van der Waals surface area (Å²) in [5.74, 6) is -0.923. The number of allylic oxidation sites excluding steroid dienone is 1. The smallest absolute Gasteiger partial charge is 0.255 e. The first-order valence-corrected chi connectivity index (χ1v) is 11.8. The first kappa shape index (κ1) is 26.0. The standard InChI is InChI=1S/C27H27N3O7/c1-30(2)21-16-12-14-11-15-13(7-5-3-4-6-10-28)8-9-17(31)19(15)22(32)18(14)24(34)27(16,37)25(35)20(23(21)33)26(29)36/h8-9,14,16,21,31,33-34,37H,3-4,6,11-12H2,1-2H3,(H2,29,36). The molecule has 0 heterocycles. The van der Waals surface area contributed by atoms with Gasteiger partial charge in [0.25, 0.3) is 5.91 Å². The number of aliphatic hydroxyl groups excluding tert-OH is 2. The zero-order valence-corrected chi connectivity index (χ0v) is 20.4. The van der Waals surface area contributed by atoms with E-state index in [1.54, 1.807) is 20.2 Å². The Morgan fingerprint density at radius 1 is 1.22 bits per heavy atom. The molecule has 3 aliphatic rings. The molecule has 6 N–H and O–H groups in total. The second-order valence-corrected chi connectivity index (χ2v) is 9.76. The van der Waals surface area contributed by atoms with Crippen molar-refractivity contribution in [1.82, 2.24) is 4.90 Å². The van der Waals surface area contributed by atoms with Crippen LogP contribution in [0.3, 0.4) is 0 Å². The second-order valence-electron chi connectivity index (χ2n) is 9.76. The number of benzene rings is 1. The molecule has 0 aromatic heterocycles. The molecule has 3 aliphatic carbocycles. The highest BCUT2D eigenvalue weighted by Crippen LogP contribution is 2.52. The third-order valence-electron chi connectivity index (χ3n) is 7.42. The van der Waals surface area contributed by atoms with Crippen LogP contribution in [0, 0.1) is 35.0 Å². The lowest BCUT2D eigenvalue weighted by atomic mass is 9.58. The molecule has 0 spiro atoms. The monoisotopic (exact) mass is 505 g/mol. The van der Waals surface area contributed by atoms with Crippen LogP contribution in [0.2, 0.25) is 0 Å². The van der Waals surface area contributed by atoms with Crippen molar-refractivity contribution in [3.8, 4) is 23.7 Å². The molecular weight excluding hydrogens is 478 g/mol. The van der Waals surface area contributed by atoms with Crippen LogP contribution >= 0.6 is 0 Å². The Morgan fingerprint density at radius 2 is 1.92 bits per heavy atom. The van der Waals surface area contributed by atoms with Crippen molar-refractivity contribution in [1.29, 1.82) is 5.26 Å². The molecule has 0 aliphatic heterocycles. The first-order chi connectivity index (χ1) is 17.5. The Kier molecular flexibility index (Phi) is 6.59. The SMILES string of the molecule is CN(C)C1C(O)=C(C(N)=O)C(=O)C2(O)C(O)=C3C(=O)c4c(O)ccc(C#CCCCC#N)c4CC3CC12. The highest BCUT2D eigenvalue weighted by Gasteiger charge is 2.63. The third-order valence-corrected chi connectivity index (χ3v) is 7.42. The minimum atomic E-state index is -2.67. The number of hydrogen-bond acceptors (Lipinski definition) is 9. The van der Waals surface area contributed by atoms with Gasteiger partial charge in [0.2, 0.25) is 5.78 Å². The van der Waals surface area contributed by atoms with Gasteiger partial charge in [0.1, 0.15) is 22.8 Å². The molecule has 10 nitrogen and oxygen atoms in total. The van der Waals surface area contributed by atoms with E-state index in [1.807, 2.05) is 6.07 Å². The number of ketones is 2. The van der Waals surface area contributed by atoms with E-state index in [4.69, 9.17) is 11.0 Å². The van der Waals surface area contributed by atoms with Crippen LogP contribution in [-0.2, 0) is 16.0 Å². The molecule has 0 fully saturated rings. The van der Waals surface area contributed by atoms with Crippen LogP contribution in [0.5, 0.6) is 5.75 Å². The molecule has 0 saturated carbocycles. The van der Waals surface area contributed by atoms with E-state index in [1.165, 1.54) is 11.0 Å². The number of rotatable bonds is 4. The Labute approximate surface area is 213 Å². The maximum absolute atomic E-state index is 13.6. The first-order valence-electron chi connectivity index (χ1n) is 11.8. The predicted octanol–water partition coefficient (Wildman–Crippen LogP) is 1.17. The lowest BCUT2D eigenvalue weighted by Gasteiger charge is -2.50. The summed E-state index contributed by atoms with van der Waals surface area (Å²) in [7, 11) is 3.15. The summed E-state index contributed by atoms with van der Waals surface area (Å²) in [6, 6.07) is 3.90. The van der Waals surface area contributed by atoms with Gasteiger partial charge < -0.3 is 26.2 Å². The van der Waals surface area contributed by atoms with Gasteiger partial charge in [-0.15, -0.1) is 0 Å². The molecule has 4 atom stereocenters. The van der Waals surface area contributed by atoms with Crippen LogP contribution in [-0.4, -0.2) is 68.5 Å². The van der Waals surface area contributed by atoms with Gasteiger partial charge in [-0.2, -0.15) is 5.26 Å². The zero-order chi connectivity index (χ0) is 27.2. The van der Waals surface area contributed by atoms with E-state index in [0.29, 0.717) is 30.4 Å². The molecule has 10 heteroatoms. The highest BCUT2D eigenvalue weighted by atomic mass is 16.3. The number of primary amides is 1. The van der Waals surface area contributed by atoms with Crippen molar-refractivity contribution in [2.75, 3.05) is 14.1 Å². The summed E-state index contributed by atoms with van der Waals surface area (Å²) in [6.45, 7) is 0. The van der Waals surface area contributed by atoms with E-state index in [9.17, 15) is 34.8 Å². The number of carbonyl (C=O) groups is 3. The van der Waals surface area contributed by atoms with Crippen LogP contribution in [0.15, 0.2) is 34.8 Å². The van der Waals surface area contributed by atoms with E-state index in [2.05, 4.69) is 11.8 Å². The molecular formula is C27H27N3O7. The topological polar surface area (TPSA) is 185 Å². The number of phenolic OH excluding ortho intramolecular Hbond substituents is 1. The fourth-order valence-electron chi connectivity index (χ4n) is 5.78. The van der Waals surface area contributed by atoms with E-state index >= 15 is 0 Å². The number of phenols is 1. The molecule has 0 saturated heterocycles. The zero-order valence-electron chi connectivity index (χ0n) is 20.4. The summed E-state index contributed by atoms with van der Waals surface area (Å²) in [5.41, 5.74) is 2.52. The van der Waals surface area contributed by atoms with Crippen LogP contribution < -0.4 is 5.73 Å². The molecule has 0 bridgehead atoms. The number of carbonyl (C=O) groups excluding carboxylic acids is 3. The summed E-state index contributed by atoms with van der Waals surface area (Å²) in [6.07, 6.45) is 1.62. The van der Waals surface area contributed by atoms with Crippen molar-refractivity contribution in [3.05, 3.63) is 51.5 Å². The van der Waals surface area contributed by atoms with Gasteiger partial charge in [0, 0.05) is 29.9 Å². The van der Waals surface area contributed by atoms with Crippen molar-refractivity contribution in [2.24, 2.45) is 17.6 Å². The summed E-state index contributed by atoms with van der Waals surface area (Å²) >= 11 is 0. The molecule has 1 aromatic carbocycles. The van der Waals surface area contributed by atoms with Crippen molar-refractivity contribution < 1.29 is 34.8 Å². The second kappa shape index (κ2) is 9.40. The van der Waals surface area contributed by atoms with Crippen LogP contribution in [0.1, 0.15) is 47.2 Å². The third kappa shape index (κ3) is 3.86. The van der Waals surface area contributed by atoms with Gasteiger partial charge in [0.05, 0.1) is 17.7 Å². The van der Waals surface area contributed by atoms with Gasteiger partial charge in [0.15, 0.2) is 11.4 Å². The number of amides is 1. The minimum absolute atomic E-state index is 0.0104. The average Bonchev–Trinajstić information content (AvgIpc) is 2.82. The number of nitrogens with two attached hydrogens (primary N) is 1. The number of fused-ring (bicyclic) bond motifs is 3. The minimum Gasteiger partial charge on any atom is -0.510 e. The number of likely N-dealkylation sites (N-methyl/N-ethyl adjacent to an activating group) is 1. The van der Waals surface area contributed by atoms with E-state index in [-0.39, 0.29) is 29.7 Å². The Hall–Kier alpha value is -4.12. The Bertz CT molecular complexity index is 1390. The van der Waals surface area contributed by atoms with Gasteiger partial charge in [-0.05, 0) is 57.0 Å². The van der Waals surface area contributed by atoms with Gasteiger partial charge in [-0.25, -0.2) is 0 Å². The van der Waals surface area contributed by atoms with Crippen molar-refractivity contribution in [3.63, 3.8) is 0 Å². The molecule has 4 rings (SSSR count). The predicted molar refractivity (Wildman–Crippen MR) is 130 cm³/mol. The molecule has 0 radical (unpaired) electrons. The maximum atomic E-state index is 13.6. The number of nitriles is 1. The largest absolute Gasteiger partial charge is 0.510 e. The normalized spacial score (nSPS) is 26.6. The number of unbranched alkanes of at least 4 members (excludes halogenated alkanes) is 2. The quantitative estimate of drug-likeness (QED) is 0.227. The van der Waals surface area contributed by atoms with Crippen molar-refractivity contribution >= 4 is 17.5 Å². The van der Waals surface area contributed by atoms with Crippen LogP contribution in [0.25, 0.3) is 0 Å². The van der Waals surface area contributed by atoms with Gasteiger partial charge in [-0.1, -0.05) is 11.8 Å². The molecule has 1 aromatic rings. The average molecular weight is 506 g/mol. The summed E-state index contributed by atoms with van der Waals surface area (Å²) in [5, 5.41) is 52.9. The van der Waals surface area contributed by atoms with E-state index in [0.717, 1.165) is 0 Å². The lowest BCUT2D eigenvalue weighted by molar-refractivity contribution is -0.148. The Morgan fingerprint density at radius 3 is 2.54 bits per heavy atom. The highest BCUT2D eigenvalue weighted by molar-refractivity contribution is 6.24. The lowest BCUT2D eigenvalue weighted by Crippen LogP contribution is -2.63. The molecule has 37 heavy (non-hydrogen) atoms. The number of aromatic hydroxyl groups is 1. The number of hydrogen-bond donors (Lipinski definition) is 5. The fourth-order valence-corrected chi connectivity index (χ4v) is 5.78.